The molecule has 1 aliphatic rings. The summed E-state index contributed by atoms with van der Waals surface area (Å²) in [5.74, 6) is 0.686. The number of likely N-dealkylation sites (tertiary alicyclic amines) is 1. The van der Waals surface area contributed by atoms with E-state index in [-0.39, 0.29) is 12.1 Å². The van der Waals surface area contributed by atoms with Crippen molar-refractivity contribution < 1.29 is 4.74 Å². The summed E-state index contributed by atoms with van der Waals surface area (Å²) in [5.41, 5.74) is 10.5. The number of hydrogen-bond acceptors (Lipinski definition) is 6. The van der Waals surface area contributed by atoms with Gasteiger partial charge in [0.1, 0.15) is 6.10 Å². The highest BCUT2D eigenvalue weighted by molar-refractivity contribution is 7.80. The van der Waals surface area contributed by atoms with E-state index in [4.69, 9.17) is 21.6 Å². The third-order valence-corrected chi connectivity index (χ3v) is 3.61. The average Bonchev–Trinajstić information content (AvgIpc) is 2.57. The molecule has 0 amide bonds. The smallest absolute Gasteiger partial charge is 0.167 e. The highest BCUT2D eigenvalue weighted by Gasteiger charge is 2.15. The van der Waals surface area contributed by atoms with Gasteiger partial charge in [0.05, 0.1) is 0 Å². The molecule has 6 heteroatoms. The van der Waals surface area contributed by atoms with Crippen LogP contribution in [0.1, 0.15) is 46.5 Å². The van der Waals surface area contributed by atoms with E-state index in [1.165, 1.54) is 32.4 Å². The van der Waals surface area contributed by atoms with Crippen molar-refractivity contribution in [1.29, 1.82) is 5.41 Å². The van der Waals surface area contributed by atoms with Gasteiger partial charge in [-0.3, -0.25) is 10.3 Å². The normalized spacial score (nSPS) is 17.4. The molecule has 2 atom stereocenters. The van der Waals surface area contributed by atoms with Crippen LogP contribution >= 0.6 is 12.6 Å². The Morgan fingerprint density at radius 2 is 1.86 bits per heavy atom. The van der Waals surface area contributed by atoms with Gasteiger partial charge in [0.2, 0.25) is 0 Å². The SMILES string of the molecule is CC.CCC(N)CN.N=COC(CS)CN1CCCCC1. The molecule has 0 aromatic heterocycles. The Labute approximate surface area is 136 Å². The van der Waals surface area contributed by atoms with Gasteiger partial charge in [0.15, 0.2) is 6.40 Å². The average molecular weight is 321 g/mol. The van der Waals surface area contributed by atoms with Crippen molar-refractivity contribution in [2.24, 2.45) is 11.5 Å². The molecule has 5 N–H and O–H groups in total. The van der Waals surface area contributed by atoms with Crippen molar-refractivity contribution in [2.75, 3.05) is 31.9 Å². The number of ether oxygens (including phenoxy) is 1. The fourth-order valence-corrected chi connectivity index (χ4v) is 2.04. The number of thiol groups is 1. The quantitative estimate of drug-likeness (QED) is 0.329. The fraction of sp³-hybridized carbons (Fsp3) is 0.933. The van der Waals surface area contributed by atoms with E-state index in [2.05, 4.69) is 17.5 Å². The third kappa shape index (κ3) is 14.4. The minimum absolute atomic E-state index is 0.0823. The van der Waals surface area contributed by atoms with Crippen LogP contribution in [-0.2, 0) is 4.74 Å². The first-order chi connectivity index (χ1) is 10.2. The maximum absolute atomic E-state index is 6.85. The third-order valence-electron chi connectivity index (χ3n) is 3.20. The molecule has 0 aromatic rings. The van der Waals surface area contributed by atoms with E-state index in [0.29, 0.717) is 12.3 Å². The summed E-state index contributed by atoms with van der Waals surface area (Å²) in [6, 6.07) is 0.213. The Hall–Kier alpha value is -0.300. The van der Waals surface area contributed by atoms with Crippen LogP contribution in [0.5, 0.6) is 0 Å². The maximum atomic E-state index is 6.85. The molecular weight excluding hydrogens is 284 g/mol. The molecule has 0 aromatic carbocycles. The Bertz CT molecular complexity index is 210. The Morgan fingerprint density at radius 3 is 2.19 bits per heavy atom. The first kappa shape index (κ1) is 23.0. The van der Waals surface area contributed by atoms with Crippen molar-refractivity contribution >= 4 is 19.0 Å². The summed E-state index contributed by atoms with van der Waals surface area (Å²) < 4.78 is 5.12. The van der Waals surface area contributed by atoms with E-state index in [1.54, 1.807) is 0 Å². The second-order valence-corrected chi connectivity index (χ2v) is 5.19. The lowest BCUT2D eigenvalue weighted by Gasteiger charge is -2.29. The number of nitrogens with one attached hydrogen (secondary N) is 1. The Balaban J connectivity index is 0. The molecule has 21 heavy (non-hydrogen) atoms. The van der Waals surface area contributed by atoms with Crippen LogP contribution < -0.4 is 11.5 Å². The maximum Gasteiger partial charge on any atom is 0.167 e. The molecule has 1 saturated heterocycles. The Kier molecular flexibility index (Phi) is 19.4. The first-order valence-corrected chi connectivity index (χ1v) is 8.74. The van der Waals surface area contributed by atoms with Gasteiger partial charge in [-0.15, -0.1) is 0 Å². The molecule has 0 bridgehead atoms. The van der Waals surface area contributed by atoms with Gasteiger partial charge in [-0.1, -0.05) is 27.2 Å². The summed E-state index contributed by atoms with van der Waals surface area (Å²) in [6.07, 6.45) is 6.03. The standard InChI is InChI=1S/C9H18N2OS.C4H12N2.C2H6/c10-8-12-9(7-13)6-11-4-2-1-3-5-11;1-2-4(6)3-5;1-2/h8-10,13H,1-7H2;4H,2-3,5-6H2,1H3;1-2H3. The van der Waals surface area contributed by atoms with E-state index >= 15 is 0 Å². The van der Waals surface area contributed by atoms with Crippen LogP contribution in [0, 0.1) is 5.41 Å². The van der Waals surface area contributed by atoms with Crippen molar-refractivity contribution in [3.8, 4) is 0 Å². The lowest BCUT2D eigenvalue weighted by molar-refractivity contribution is 0.130. The lowest BCUT2D eigenvalue weighted by atomic mass is 10.1. The molecule has 5 nitrogen and oxygen atoms in total. The van der Waals surface area contributed by atoms with Crippen LogP contribution in [0.4, 0.5) is 0 Å². The van der Waals surface area contributed by atoms with Gasteiger partial charge in [-0.25, -0.2) is 0 Å². The minimum Gasteiger partial charge on any atom is -0.478 e. The topological polar surface area (TPSA) is 88.4 Å². The summed E-state index contributed by atoms with van der Waals surface area (Å²) in [4.78, 5) is 2.40. The van der Waals surface area contributed by atoms with Crippen LogP contribution in [0.3, 0.4) is 0 Å². The molecular formula is C15H36N4OS. The molecule has 0 spiro atoms. The van der Waals surface area contributed by atoms with Crippen LogP contribution in [-0.4, -0.2) is 55.4 Å². The Morgan fingerprint density at radius 1 is 1.29 bits per heavy atom. The number of rotatable bonds is 7. The summed E-state index contributed by atoms with van der Waals surface area (Å²) in [5, 5.41) is 6.85. The zero-order chi connectivity index (χ0) is 16.5. The van der Waals surface area contributed by atoms with Crippen molar-refractivity contribution in [3.05, 3.63) is 0 Å². The molecule has 0 aliphatic carbocycles. The molecule has 0 radical (unpaired) electrons. The van der Waals surface area contributed by atoms with Crippen molar-refractivity contribution in [2.45, 2.75) is 58.6 Å². The second-order valence-electron chi connectivity index (χ2n) is 4.82. The highest BCUT2D eigenvalue weighted by atomic mass is 32.1. The second kappa shape index (κ2) is 17.8. The lowest BCUT2D eigenvalue weighted by Crippen LogP contribution is -2.38. The van der Waals surface area contributed by atoms with E-state index in [9.17, 15) is 0 Å². The summed E-state index contributed by atoms with van der Waals surface area (Å²) in [7, 11) is 0. The number of hydrogen-bond donors (Lipinski definition) is 4. The van der Waals surface area contributed by atoms with Crippen molar-refractivity contribution in [1.82, 2.24) is 4.90 Å². The molecule has 1 rings (SSSR count). The van der Waals surface area contributed by atoms with Gasteiger partial charge < -0.3 is 16.2 Å². The molecule has 128 valence electrons. The van der Waals surface area contributed by atoms with Crippen LogP contribution in [0.15, 0.2) is 0 Å². The number of nitrogens with two attached hydrogens (primary N) is 2. The molecule has 0 saturated carbocycles. The summed E-state index contributed by atoms with van der Waals surface area (Å²) in [6.45, 7) is 9.89. The highest BCUT2D eigenvalue weighted by Crippen LogP contribution is 2.10. The zero-order valence-electron chi connectivity index (χ0n) is 14.1. The van der Waals surface area contributed by atoms with Crippen LogP contribution in [0.2, 0.25) is 0 Å². The number of nitrogens with zero attached hydrogens (tertiary/aromatic N) is 1. The molecule has 1 fully saturated rings. The van der Waals surface area contributed by atoms with Gasteiger partial charge in [-0.05, 0) is 32.4 Å². The van der Waals surface area contributed by atoms with Crippen molar-refractivity contribution in [3.63, 3.8) is 0 Å². The van der Waals surface area contributed by atoms with Crippen LogP contribution in [0.25, 0.3) is 0 Å². The molecule has 1 heterocycles. The largest absolute Gasteiger partial charge is 0.478 e. The van der Waals surface area contributed by atoms with E-state index < -0.39 is 0 Å². The fourth-order valence-electron chi connectivity index (χ4n) is 1.84. The first-order valence-electron chi connectivity index (χ1n) is 8.11. The van der Waals surface area contributed by atoms with Gasteiger partial charge >= 0.3 is 0 Å². The monoisotopic (exact) mass is 320 g/mol. The number of piperidine rings is 1. The zero-order valence-corrected chi connectivity index (χ0v) is 14.9. The van der Waals surface area contributed by atoms with E-state index in [0.717, 1.165) is 19.4 Å². The van der Waals surface area contributed by atoms with E-state index in [1.807, 2.05) is 20.8 Å². The molecule has 2 unspecified atom stereocenters. The van der Waals surface area contributed by atoms with Gasteiger partial charge in [-0.2, -0.15) is 12.6 Å². The van der Waals surface area contributed by atoms with Gasteiger partial charge in [0, 0.05) is 24.9 Å². The molecule has 1 aliphatic heterocycles. The predicted molar refractivity (Wildman–Crippen MR) is 96.5 cm³/mol. The minimum atomic E-state index is 0.0823. The summed E-state index contributed by atoms with van der Waals surface area (Å²) >= 11 is 4.19. The van der Waals surface area contributed by atoms with Gasteiger partial charge in [0.25, 0.3) is 0 Å². The predicted octanol–water partition coefficient (Wildman–Crippen LogP) is 2.10.